The normalized spacial score (nSPS) is 12.2. The average Bonchev–Trinajstić information content (AvgIpc) is 2.50. The van der Waals surface area contributed by atoms with Gasteiger partial charge in [0.15, 0.2) is 0 Å². The summed E-state index contributed by atoms with van der Waals surface area (Å²) in [7, 11) is 1.70. The van der Waals surface area contributed by atoms with Crippen LogP contribution in [0.4, 0.5) is 0 Å². The minimum Gasteiger partial charge on any atom is -0.496 e. The second-order valence-corrected chi connectivity index (χ2v) is 6.13. The number of hydrogen-bond donors (Lipinski definition) is 2. The summed E-state index contributed by atoms with van der Waals surface area (Å²) >= 11 is 1.78. The molecule has 0 bridgehead atoms. The minimum atomic E-state index is 0.0470. The second-order valence-electron chi connectivity index (χ2n) is 5.04. The van der Waals surface area contributed by atoms with Crippen LogP contribution in [0.5, 0.6) is 5.75 Å². The zero-order chi connectivity index (χ0) is 15.2. The van der Waals surface area contributed by atoms with Gasteiger partial charge in [0.05, 0.1) is 13.2 Å². The van der Waals surface area contributed by atoms with Crippen LogP contribution in [0.1, 0.15) is 22.7 Å². The summed E-state index contributed by atoms with van der Waals surface area (Å²) < 4.78 is 5.54. The molecule has 1 atom stereocenters. The molecule has 0 aliphatic heterocycles. The standard InChI is InChI=1S/C17H22N2OS/c1-12-9-13(2)17(16(10-12)20-3)15(19-18)11-21-14-7-5-4-6-8-14/h4-10,15,19H,11,18H2,1-3H3. The molecule has 0 heterocycles. The van der Waals surface area contributed by atoms with Gasteiger partial charge in [0.2, 0.25) is 0 Å². The van der Waals surface area contributed by atoms with E-state index >= 15 is 0 Å². The number of nitrogens with two attached hydrogens (primary N) is 1. The molecule has 0 fully saturated rings. The van der Waals surface area contributed by atoms with E-state index in [4.69, 9.17) is 10.6 Å². The molecule has 2 aromatic rings. The smallest absolute Gasteiger partial charge is 0.124 e. The topological polar surface area (TPSA) is 47.3 Å². The summed E-state index contributed by atoms with van der Waals surface area (Å²) in [5.41, 5.74) is 6.45. The Morgan fingerprint density at radius 1 is 1.19 bits per heavy atom. The van der Waals surface area contributed by atoms with Crippen molar-refractivity contribution in [2.24, 2.45) is 5.84 Å². The maximum absolute atomic E-state index is 5.78. The van der Waals surface area contributed by atoms with Gasteiger partial charge in [0.25, 0.3) is 0 Å². The van der Waals surface area contributed by atoms with Crippen molar-refractivity contribution in [1.29, 1.82) is 0 Å². The lowest BCUT2D eigenvalue weighted by molar-refractivity contribution is 0.402. The maximum Gasteiger partial charge on any atom is 0.124 e. The Kier molecular flexibility index (Phi) is 5.67. The van der Waals surface area contributed by atoms with Crippen molar-refractivity contribution >= 4 is 11.8 Å². The molecule has 0 aliphatic rings. The molecular formula is C17H22N2OS. The first kappa shape index (κ1) is 15.9. The van der Waals surface area contributed by atoms with Crippen LogP contribution in [-0.4, -0.2) is 12.9 Å². The number of methoxy groups -OCH3 is 1. The molecule has 0 aromatic heterocycles. The Bertz CT molecular complexity index is 587. The Morgan fingerprint density at radius 3 is 2.52 bits per heavy atom. The fraction of sp³-hybridized carbons (Fsp3) is 0.294. The van der Waals surface area contributed by atoms with Crippen LogP contribution in [-0.2, 0) is 0 Å². The average molecular weight is 302 g/mol. The van der Waals surface area contributed by atoms with Crippen molar-refractivity contribution in [2.45, 2.75) is 24.8 Å². The van der Waals surface area contributed by atoms with E-state index in [1.54, 1.807) is 18.9 Å². The number of benzene rings is 2. The highest BCUT2D eigenvalue weighted by atomic mass is 32.2. The first-order valence-corrected chi connectivity index (χ1v) is 7.93. The van der Waals surface area contributed by atoms with Crippen LogP contribution in [0.2, 0.25) is 0 Å². The van der Waals surface area contributed by atoms with Crippen molar-refractivity contribution in [3.05, 3.63) is 59.2 Å². The lowest BCUT2D eigenvalue weighted by atomic mass is 9.99. The van der Waals surface area contributed by atoms with Gasteiger partial charge in [-0.25, -0.2) is 0 Å². The van der Waals surface area contributed by atoms with Crippen LogP contribution in [0.15, 0.2) is 47.4 Å². The summed E-state index contributed by atoms with van der Waals surface area (Å²) in [5.74, 6) is 7.52. The van der Waals surface area contributed by atoms with E-state index in [0.29, 0.717) is 0 Å². The van der Waals surface area contributed by atoms with Gasteiger partial charge < -0.3 is 4.74 Å². The van der Waals surface area contributed by atoms with E-state index in [2.05, 4.69) is 43.5 Å². The van der Waals surface area contributed by atoms with E-state index in [0.717, 1.165) is 17.1 Å². The lowest BCUT2D eigenvalue weighted by Gasteiger charge is -2.21. The van der Waals surface area contributed by atoms with Crippen molar-refractivity contribution in [2.75, 3.05) is 12.9 Å². The molecule has 2 rings (SSSR count). The van der Waals surface area contributed by atoms with Gasteiger partial charge in [0, 0.05) is 16.2 Å². The van der Waals surface area contributed by atoms with E-state index in [9.17, 15) is 0 Å². The molecule has 0 radical (unpaired) electrons. The van der Waals surface area contributed by atoms with Gasteiger partial charge >= 0.3 is 0 Å². The van der Waals surface area contributed by atoms with Gasteiger partial charge in [0.1, 0.15) is 5.75 Å². The molecule has 4 heteroatoms. The molecule has 0 amide bonds. The van der Waals surface area contributed by atoms with Gasteiger partial charge in [-0.15, -0.1) is 11.8 Å². The summed E-state index contributed by atoms with van der Waals surface area (Å²) in [6.07, 6.45) is 0. The SMILES string of the molecule is COc1cc(C)cc(C)c1C(CSc1ccccc1)NN. The van der Waals surface area contributed by atoms with Gasteiger partial charge in [-0.1, -0.05) is 24.3 Å². The summed E-state index contributed by atoms with van der Waals surface area (Å²) in [5, 5.41) is 0. The summed E-state index contributed by atoms with van der Waals surface area (Å²) in [6.45, 7) is 4.17. The van der Waals surface area contributed by atoms with E-state index in [1.165, 1.54) is 16.0 Å². The molecule has 0 saturated carbocycles. The Morgan fingerprint density at radius 2 is 1.90 bits per heavy atom. The highest BCUT2D eigenvalue weighted by Gasteiger charge is 2.18. The van der Waals surface area contributed by atoms with Crippen molar-refractivity contribution in [3.8, 4) is 5.75 Å². The predicted octanol–water partition coefficient (Wildman–Crippen LogP) is 3.61. The number of aryl methyl sites for hydroxylation is 2. The Balaban J connectivity index is 2.21. The first-order valence-electron chi connectivity index (χ1n) is 6.94. The van der Waals surface area contributed by atoms with Crippen molar-refractivity contribution in [3.63, 3.8) is 0 Å². The van der Waals surface area contributed by atoms with Gasteiger partial charge in [-0.05, 0) is 43.2 Å². The molecule has 3 nitrogen and oxygen atoms in total. The Hall–Kier alpha value is -1.49. The summed E-state index contributed by atoms with van der Waals surface area (Å²) in [6, 6.07) is 14.6. The van der Waals surface area contributed by atoms with Crippen LogP contribution in [0.3, 0.4) is 0 Å². The molecule has 112 valence electrons. The third-order valence-electron chi connectivity index (χ3n) is 3.42. The highest BCUT2D eigenvalue weighted by Crippen LogP contribution is 2.33. The quantitative estimate of drug-likeness (QED) is 0.486. The Labute approximate surface area is 130 Å². The van der Waals surface area contributed by atoms with E-state index < -0.39 is 0 Å². The summed E-state index contributed by atoms with van der Waals surface area (Å²) in [4.78, 5) is 1.24. The molecule has 1 unspecified atom stereocenters. The van der Waals surface area contributed by atoms with E-state index in [-0.39, 0.29) is 6.04 Å². The third-order valence-corrected chi connectivity index (χ3v) is 4.53. The zero-order valence-electron chi connectivity index (χ0n) is 12.7. The van der Waals surface area contributed by atoms with E-state index in [1.807, 2.05) is 18.2 Å². The van der Waals surface area contributed by atoms with Crippen LogP contribution in [0.25, 0.3) is 0 Å². The number of hydrogen-bond acceptors (Lipinski definition) is 4. The van der Waals surface area contributed by atoms with Crippen LogP contribution < -0.4 is 16.0 Å². The number of ether oxygens (including phenoxy) is 1. The zero-order valence-corrected chi connectivity index (χ0v) is 13.5. The largest absolute Gasteiger partial charge is 0.496 e. The molecule has 2 aromatic carbocycles. The van der Waals surface area contributed by atoms with Crippen LogP contribution in [0, 0.1) is 13.8 Å². The van der Waals surface area contributed by atoms with Crippen molar-refractivity contribution < 1.29 is 4.74 Å². The maximum atomic E-state index is 5.78. The fourth-order valence-corrected chi connectivity index (χ4v) is 3.44. The first-order chi connectivity index (χ1) is 10.2. The lowest BCUT2D eigenvalue weighted by Crippen LogP contribution is -2.30. The van der Waals surface area contributed by atoms with Gasteiger partial charge in [-0.2, -0.15) is 0 Å². The highest BCUT2D eigenvalue weighted by molar-refractivity contribution is 7.99. The molecule has 0 spiro atoms. The third kappa shape index (κ3) is 4.00. The number of hydrazine groups is 1. The van der Waals surface area contributed by atoms with Gasteiger partial charge in [-0.3, -0.25) is 11.3 Å². The number of nitrogens with one attached hydrogen (secondary N) is 1. The molecular weight excluding hydrogens is 280 g/mol. The fourth-order valence-electron chi connectivity index (χ4n) is 2.47. The minimum absolute atomic E-state index is 0.0470. The number of rotatable bonds is 6. The molecule has 3 N–H and O–H groups in total. The van der Waals surface area contributed by atoms with Crippen LogP contribution >= 0.6 is 11.8 Å². The molecule has 0 saturated heterocycles. The predicted molar refractivity (Wildman–Crippen MR) is 89.7 cm³/mol. The second kappa shape index (κ2) is 7.50. The molecule has 21 heavy (non-hydrogen) atoms. The monoisotopic (exact) mass is 302 g/mol. The van der Waals surface area contributed by atoms with Crippen molar-refractivity contribution in [1.82, 2.24) is 5.43 Å². The molecule has 0 aliphatic carbocycles. The number of thioether (sulfide) groups is 1.